The third kappa shape index (κ3) is 1.80. The summed E-state index contributed by atoms with van der Waals surface area (Å²) in [6.45, 7) is 0. The third-order valence-electron chi connectivity index (χ3n) is 2.61. The summed E-state index contributed by atoms with van der Waals surface area (Å²) < 4.78 is 2.30. The van der Waals surface area contributed by atoms with E-state index in [2.05, 4.69) is 26.0 Å². The van der Waals surface area contributed by atoms with E-state index in [-0.39, 0.29) is 5.56 Å². The van der Waals surface area contributed by atoms with E-state index in [0.717, 1.165) is 10.0 Å². The normalized spacial score (nSPS) is 10.9. The lowest BCUT2D eigenvalue weighted by atomic mass is 10.1. The molecular formula is C12H9BrN4O. The second-order valence-corrected chi connectivity index (χ2v) is 4.81. The monoisotopic (exact) mass is 304 g/mol. The van der Waals surface area contributed by atoms with Crippen LogP contribution in [0.15, 0.2) is 45.7 Å². The topological polar surface area (TPSA) is 76.2 Å². The quantitative estimate of drug-likeness (QED) is 0.722. The highest BCUT2D eigenvalue weighted by atomic mass is 79.9. The number of nitrogens with zero attached hydrogens (tertiary/aromatic N) is 2. The van der Waals surface area contributed by atoms with Crippen LogP contribution >= 0.6 is 15.9 Å². The molecule has 3 aromatic rings. The Morgan fingerprint density at radius 2 is 1.94 bits per heavy atom. The van der Waals surface area contributed by atoms with Gasteiger partial charge in [-0.15, -0.1) is 0 Å². The minimum atomic E-state index is -0.186. The lowest BCUT2D eigenvalue weighted by Gasteiger charge is -2.01. The van der Waals surface area contributed by atoms with Gasteiger partial charge in [0.15, 0.2) is 5.65 Å². The number of nitrogens with two attached hydrogens (primary N) is 1. The third-order valence-corrected chi connectivity index (χ3v) is 3.14. The largest absolute Gasteiger partial charge is 0.384 e. The van der Waals surface area contributed by atoms with Crippen LogP contribution in [0.3, 0.4) is 0 Å². The van der Waals surface area contributed by atoms with Gasteiger partial charge in [-0.25, -0.2) is 4.98 Å². The van der Waals surface area contributed by atoms with Crippen molar-refractivity contribution in [3.05, 3.63) is 51.2 Å². The molecule has 0 saturated heterocycles. The first-order valence-electron chi connectivity index (χ1n) is 5.28. The molecule has 0 aliphatic heterocycles. The number of nitrogen functional groups attached to an aromatic ring is 1. The highest BCUT2D eigenvalue weighted by Gasteiger charge is 2.06. The molecular weight excluding hydrogens is 296 g/mol. The summed E-state index contributed by atoms with van der Waals surface area (Å²) in [7, 11) is 0. The summed E-state index contributed by atoms with van der Waals surface area (Å²) in [6, 6.07) is 10.7. The zero-order valence-electron chi connectivity index (χ0n) is 9.22. The van der Waals surface area contributed by atoms with Crippen molar-refractivity contribution in [1.29, 1.82) is 0 Å². The first-order valence-corrected chi connectivity index (χ1v) is 6.07. The molecule has 0 bridgehead atoms. The van der Waals surface area contributed by atoms with E-state index in [4.69, 9.17) is 5.73 Å². The number of anilines is 1. The molecule has 2 heterocycles. The van der Waals surface area contributed by atoms with Gasteiger partial charge >= 0.3 is 0 Å². The highest BCUT2D eigenvalue weighted by Crippen LogP contribution is 2.19. The molecule has 0 amide bonds. The van der Waals surface area contributed by atoms with Gasteiger partial charge in [-0.1, -0.05) is 28.1 Å². The van der Waals surface area contributed by atoms with E-state index in [9.17, 15) is 4.79 Å². The predicted molar refractivity (Wildman–Crippen MR) is 73.4 cm³/mol. The molecule has 90 valence electrons. The molecule has 0 fully saturated rings. The second-order valence-electron chi connectivity index (χ2n) is 3.89. The van der Waals surface area contributed by atoms with E-state index in [1.165, 1.54) is 10.6 Å². The van der Waals surface area contributed by atoms with Gasteiger partial charge in [0.1, 0.15) is 5.82 Å². The summed E-state index contributed by atoms with van der Waals surface area (Å²) >= 11 is 3.37. The van der Waals surface area contributed by atoms with Gasteiger partial charge in [-0.2, -0.15) is 4.52 Å². The maximum atomic E-state index is 11.9. The molecule has 0 aliphatic rings. The zero-order valence-corrected chi connectivity index (χ0v) is 10.8. The zero-order chi connectivity index (χ0) is 12.7. The molecule has 5 nitrogen and oxygen atoms in total. The summed E-state index contributed by atoms with van der Waals surface area (Å²) in [5, 5.41) is 2.73. The number of hydrogen-bond donors (Lipinski definition) is 2. The molecule has 0 aliphatic carbocycles. The first-order chi connectivity index (χ1) is 8.63. The van der Waals surface area contributed by atoms with Crippen LogP contribution in [0.2, 0.25) is 0 Å². The van der Waals surface area contributed by atoms with Crippen molar-refractivity contribution in [1.82, 2.24) is 14.6 Å². The van der Waals surface area contributed by atoms with Crippen molar-refractivity contribution in [3.8, 4) is 11.3 Å². The minimum Gasteiger partial charge on any atom is -0.384 e. The molecule has 18 heavy (non-hydrogen) atoms. The van der Waals surface area contributed by atoms with Gasteiger partial charge in [0.25, 0.3) is 5.56 Å². The van der Waals surface area contributed by atoms with Crippen LogP contribution in [0.1, 0.15) is 0 Å². The standard InChI is InChI=1S/C12H9BrN4O/c13-8-3-1-7(2-4-8)9-5-12(18)17-11(15-9)6-10(14)16-17/h1-6,16H,14H2. The Bertz CT molecular complexity index is 773. The summed E-state index contributed by atoms with van der Waals surface area (Å²) in [5.41, 5.74) is 7.45. The number of halogens is 1. The molecule has 3 N–H and O–H groups in total. The molecule has 0 spiro atoms. The van der Waals surface area contributed by atoms with Crippen LogP contribution in [0.25, 0.3) is 16.9 Å². The van der Waals surface area contributed by atoms with Gasteiger partial charge in [0, 0.05) is 22.2 Å². The Hall–Kier alpha value is -2.08. The van der Waals surface area contributed by atoms with Gasteiger partial charge in [0.2, 0.25) is 0 Å². The molecule has 0 atom stereocenters. The van der Waals surface area contributed by atoms with Crippen molar-refractivity contribution < 1.29 is 0 Å². The van der Waals surface area contributed by atoms with E-state index in [1.54, 1.807) is 6.07 Å². The van der Waals surface area contributed by atoms with E-state index < -0.39 is 0 Å². The number of H-pyrrole nitrogens is 1. The van der Waals surface area contributed by atoms with E-state index in [0.29, 0.717) is 17.2 Å². The number of aromatic amines is 1. The number of benzene rings is 1. The van der Waals surface area contributed by atoms with Crippen LogP contribution in [-0.4, -0.2) is 14.6 Å². The fourth-order valence-electron chi connectivity index (χ4n) is 1.78. The Morgan fingerprint density at radius 1 is 1.22 bits per heavy atom. The number of rotatable bonds is 1. The molecule has 3 rings (SSSR count). The van der Waals surface area contributed by atoms with Crippen molar-refractivity contribution >= 4 is 27.4 Å². The first kappa shape index (κ1) is 11.0. The van der Waals surface area contributed by atoms with Crippen molar-refractivity contribution in [3.63, 3.8) is 0 Å². The van der Waals surface area contributed by atoms with Crippen molar-refractivity contribution in [2.45, 2.75) is 0 Å². The fourth-order valence-corrected chi connectivity index (χ4v) is 2.04. The second kappa shape index (κ2) is 3.99. The van der Waals surface area contributed by atoms with Crippen LogP contribution in [0, 0.1) is 0 Å². The van der Waals surface area contributed by atoms with E-state index in [1.807, 2.05) is 24.3 Å². The van der Waals surface area contributed by atoms with Crippen molar-refractivity contribution in [2.24, 2.45) is 0 Å². The maximum Gasteiger partial charge on any atom is 0.273 e. The molecule has 2 aromatic heterocycles. The predicted octanol–water partition coefficient (Wildman–Crippen LogP) is 2.03. The molecule has 6 heteroatoms. The van der Waals surface area contributed by atoms with Gasteiger partial charge < -0.3 is 5.73 Å². The van der Waals surface area contributed by atoms with Crippen LogP contribution in [0.5, 0.6) is 0 Å². The van der Waals surface area contributed by atoms with Crippen LogP contribution in [0.4, 0.5) is 5.82 Å². The SMILES string of the molecule is Nc1cc2nc(-c3ccc(Br)cc3)cc(=O)n2[nH]1. The molecule has 0 unspecified atom stereocenters. The van der Waals surface area contributed by atoms with Crippen molar-refractivity contribution in [2.75, 3.05) is 5.73 Å². The number of aromatic nitrogens is 3. The Kier molecular flexibility index (Phi) is 2.45. The Morgan fingerprint density at radius 3 is 2.67 bits per heavy atom. The lowest BCUT2D eigenvalue weighted by Crippen LogP contribution is -2.14. The number of fused-ring (bicyclic) bond motifs is 1. The Labute approximate surface area is 110 Å². The highest BCUT2D eigenvalue weighted by molar-refractivity contribution is 9.10. The minimum absolute atomic E-state index is 0.186. The summed E-state index contributed by atoms with van der Waals surface area (Å²) in [6.07, 6.45) is 0. The molecule has 1 aromatic carbocycles. The summed E-state index contributed by atoms with van der Waals surface area (Å²) in [4.78, 5) is 16.3. The van der Waals surface area contributed by atoms with Gasteiger partial charge in [-0.3, -0.25) is 9.89 Å². The number of hydrogen-bond acceptors (Lipinski definition) is 3. The number of nitrogens with one attached hydrogen (secondary N) is 1. The van der Waals surface area contributed by atoms with Crippen LogP contribution in [-0.2, 0) is 0 Å². The maximum absolute atomic E-state index is 11.9. The van der Waals surface area contributed by atoms with Crippen LogP contribution < -0.4 is 11.3 Å². The van der Waals surface area contributed by atoms with E-state index >= 15 is 0 Å². The summed E-state index contributed by atoms with van der Waals surface area (Å²) in [5.74, 6) is 0.410. The smallest absolute Gasteiger partial charge is 0.273 e. The fraction of sp³-hybridized carbons (Fsp3) is 0. The molecule has 0 radical (unpaired) electrons. The lowest BCUT2D eigenvalue weighted by molar-refractivity contribution is 0.906. The van der Waals surface area contributed by atoms with Gasteiger partial charge in [0.05, 0.1) is 5.69 Å². The molecule has 0 saturated carbocycles. The average Bonchev–Trinajstić information content (AvgIpc) is 2.71. The Balaban J connectivity index is 2.24. The average molecular weight is 305 g/mol. The van der Waals surface area contributed by atoms with Gasteiger partial charge in [-0.05, 0) is 12.1 Å².